The van der Waals surface area contributed by atoms with Crippen LogP contribution in [0.5, 0.6) is 0 Å². The number of aliphatic hydroxyl groups is 1. The predicted molar refractivity (Wildman–Crippen MR) is 70.5 cm³/mol. The molecule has 0 aromatic heterocycles. The van der Waals surface area contributed by atoms with E-state index < -0.39 is 45.9 Å². The first kappa shape index (κ1) is 18.2. The van der Waals surface area contributed by atoms with E-state index in [1.807, 2.05) is 13.8 Å². The van der Waals surface area contributed by atoms with Crippen molar-refractivity contribution in [3.05, 3.63) is 0 Å². The SMILES string of the molecule is CC(C)CC(=O)N[C@@H]([Ca][CH](C)C)[C@@H](O)CC(=O)O. The fraction of sp³-hybridized carbons (Fsp3) is 0.833. The molecular formula is C12H23CaNO4. The van der Waals surface area contributed by atoms with Crippen molar-refractivity contribution in [2.45, 2.75) is 50.8 Å². The summed E-state index contributed by atoms with van der Waals surface area (Å²) < 4.78 is 0.158. The van der Waals surface area contributed by atoms with Crippen LogP contribution in [0.1, 0.15) is 40.5 Å². The summed E-state index contributed by atoms with van der Waals surface area (Å²) in [6.07, 6.45) is -0.845. The van der Waals surface area contributed by atoms with E-state index >= 15 is 0 Å². The average Bonchev–Trinajstić information content (AvgIpc) is 2.13. The molecule has 5 nitrogen and oxygen atoms in total. The molecule has 0 fully saturated rings. The summed E-state index contributed by atoms with van der Waals surface area (Å²) in [5.74, 6) is -0.865. The van der Waals surface area contributed by atoms with Gasteiger partial charge in [-0.1, -0.05) is 0 Å². The van der Waals surface area contributed by atoms with Crippen molar-refractivity contribution in [1.29, 1.82) is 0 Å². The zero-order valence-corrected chi connectivity index (χ0v) is 13.9. The van der Waals surface area contributed by atoms with Gasteiger partial charge in [-0.3, -0.25) is 0 Å². The topological polar surface area (TPSA) is 86.6 Å². The Labute approximate surface area is 127 Å². The molecule has 0 aliphatic rings. The van der Waals surface area contributed by atoms with Gasteiger partial charge in [0.15, 0.2) is 0 Å². The fourth-order valence-corrected chi connectivity index (χ4v) is 4.65. The Balaban J connectivity index is 4.47. The van der Waals surface area contributed by atoms with E-state index in [2.05, 4.69) is 19.2 Å². The van der Waals surface area contributed by atoms with Crippen molar-refractivity contribution >= 4 is 45.7 Å². The number of aliphatic carboxylic acids is 1. The number of carboxylic acids is 1. The van der Waals surface area contributed by atoms with Gasteiger partial charge in [0, 0.05) is 0 Å². The van der Waals surface area contributed by atoms with Crippen LogP contribution in [-0.2, 0) is 9.59 Å². The van der Waals surface area contributed by atoms with Gasteiger partial charge >= 0.3 is 128 Å². The first-order chi connectivity index (χ1) is 8.22. The molecule has 0 aromatic rings. The van der Waals surface area contributed by atoms with E-state index in [0.717, 1.165) is 0 Å². The van der Waals surface area contributed by atoms with Crippen LogP contribution in [0, 0.1) is 5.92 Å². The number of carboxylic acid groups (broad SMARTS) is 1. The first-order valence-corrected chi connectivity index (χ1v) is 8.96. The van der Waals surface area contributed by atoms with Gasteiger partial charge in [0.25, 0.3) is 0 Å². The summed E-state index contributed by atoms with van der Waals surface area (Å²) in [6, 6.07) is 0. The van der Waals surface area contributed by atoms with Gasteiger partial charge in [0.1, 0.15) is 0 Å². The number of amides is 1. The van der Waals surface area contributed by atoms with Crippen molar-refractivity contribution in [2.24, 2.45) is 5.92 Å². The molecule has 3 N–H and O–H groups in total. The number of aliphatic hydroxyl groups excluding tert-OH is 1. The fourth-order valence-electron chi connectivity index (χ4n) is 1.78. The Morgan fingerprint density at radius 3 is 2.11 bits per heavy atom. The Bertz CT molecular complexity index is 281. The summed E-state index contributed by atoms with van der Waals surface area (Å²) in [5, 5.41) is 21.4. The molecule has 0 saturated carbocycles. The molecule has 0 heterocycles. The molecule has 1 amide bonds. The van der Waals surface area contributed by atoms with E-state index in [1.165, 1.54) is 0 Å². The second-order valence-electron chi connectivity index (χ2n) is 5.57. The van der Waals surface area contributed by atoms with Gasteiger partial charge in [0.2, 0.25) is 0 Å². The van der Waals surface area contributed by atoms with Crippen LogP contribution >= 0.6 is 0 Å². The van der Waals surface area contributed by atoms with Crippen molar-refractivity contribution in [3.8, 4) is 0 Å². The molecule has 0 aromatic carbocycles. The minimum atomic E-state index is -1.21. The average molecular weight is 285 g/mol. The number of carbonyl (C=O) groups is 2. The Hall–Kier alpha value is 0.160. The van der Waals surface area contributed by atoms with Gasteiger partial charge in [-0.25, -0.2) is 0 Å². The van der Waals surface area contributed by atoms with Crippen LogP contribution in [-0.4, -0.2) is 64.2 Å². The molecule has 2 atom stereocenters. The number of carbonyl (C=O) groups excluding carboxylic acids is 1. The molecule has 0 aliphatic carbocycles. The quantitative estimate of drug-likeness (QED) is 0.577. The van der Waals surface area contributed by atoms with Gasteiger partial charge < -0.3 is 0 Å². The summed E-state index contributed by atoms with van der Waals surface area (Å²) in [6.45, 7) is 8.00. The number of rotatable bonds is 8. The summed E-state index contributed by atoms with van der Waals surface area (Å²) >= 11 is -1.21. The van der Waals surface area contributed by atoms with Gasteiger partial charge in [-0.15, -0.1) is 0 Å². The third-order valence-electron chi connectivity index (χ3n) is 2.51. The standard InChI is InChI=1S/C9H16NO4.C3H7.Ca/c1-6(2)3-8(12)10-5-7(11)4-9(13)14;1-3-2;/h5-7,11H,3-4H2,1-2H3,(H,10,12)(H,13,14);3H,1-2H3;/t7-;;/m0../s1. The molecule has 0 saturated heterocycles. The summed E-state index contributed by atoms with van der Waals surface area (Å²) in [4.78, 5) is 22.3. The van der Waals surface area contributed by atoms with Crippen LogP contribution in [0.25, 0.3) is 0 Å². The van der Waals surface area contributed by atoms with E-state index in [-0.39, 0.29) is 20.4 Å². The molecule has 0 spiro atoms. The van der Waals surface area contributed by atoms with Gasteiger partial charge in [-0.05, 0) is 0 Å². The molecule has 6 heteroatoms. The molecule has 18 heavy (non-hydrogen) atoms. The minimum absolute atomic E-state index is 0.0919. The zero-order chi connectivity index (χ0) is 14.3. The van der Waals surface area contributed by atoms with Crippen molar-refractivity contribution < 1.29 is 19.8 Å². The molecule has 0 rings (SSSR count). The normalized spacial score (nSPS) is 14.2. The number of nitrogens with one attached hydrogen (secondary N) is 1. The second kappa shape index (κ2) is 9.13. The van der Waals surface area contributed by atoms with Crippen LogP contribution in [0.15, 0.2) is 0 Å². The molecular weight excluding hydrogens is 262 g/mol. The van der Waals surface area contributed by atoms with Crippen LogP contribution in [0.4, 0.5) is 0 Å². The molecule has 102 valence electrons. The van der Waals surface area contributed by atoms with Crippen molar-refractivity contribution in [1.82, 2.24) is 5.32 Å². The van der Waals surface area contributed by atoms with E-state index in [9.17, 15) is 14.7 Å². The Morgan fingerprint density at radius 2 is 1.72 bits per heavy atom. The van der Waals surface area contributed by atoms with Crippen molar-refractivity contribution in [2.75, 3.05) is 0 Å². The Kier molecular flexibility index (Phi) is 9.21. The molecule has 0 radical (unpaired) electrons. The van der Waals surface area contributed by atoms with E-state index in [4.69, 9.17) is 5.11 Å². The van der Waals surface area contributed by atoms with Gasteiger partial charge in [-0.2, -0.15) is 0 Å². The van der Waals surface area contributed by atoms with Crippen LogP contribution < -0.4 is 5.32 Å². The van der Waals surface area contributed by atoms with E-state index in [1.54, 1.807) is 0 Å². The maximum absolute atomic E-state index is 11.7. The number of hydrogen-bond acceptors (Lipinski definition) is 3. The maximum atomic E-state index is 11.7. The third-order valence-corrected chi connectivity index (χ3v) is 5.95. The van der Waals surface area contributed by atoms with Crippen LogP contribution in [0.3, 0.4) is 0 Å². The molecule has 0 bridgehead atoms. The summed E-state index contributed by atoms with van der Waals surface area (Å²) in [7, 11) is 0. The zero-order valence-electron chi connectivity index (χ0n) is 11.6. The second-order valence-corrected chi connectivity index (χ2v) is 10.2. The van der Waals surface area contributed by atoms with Crippen LogP contribution in [0.2, 0.25) is 2.01 Å². The van der Waals surface area contributed by atoms with Gasteiger partial charge in [0.05, 0.1) is 0 Å². The van der Waals surface area contributed by atoms with Crippen molar-refractivity contribution in [3.63, 3.8) is 0 Å². The number of hydrogen-bond donors (Lipinski definition) is 3. The summed E-state index contributed by atoms with van der Waals surface area (Å²) in [5.41, 5.74) is 0. The monoisotopic (exact) mass is 285 g/mol. The van der Waals surface area contributed by atoms with E-state index in [0.29, 0.717) is 8.44 Å². The Morgan fingerprint density at radius 1 is 1.17 bits per heavy atom. The first-order valence-electron chi connectivity index (χ1n) is 6.41. The predicted octanol–water partition coefficient (Wildman–Crippen LogP) is 0.843. The molecule has 0 aliphatic heterocycles. The third kappa shape index (κ3) is 9.14. The molecule has 0 unspecified atom stereocenters.